The molecule has 114 valence electrons. The molecule has 2 amide bonds. The Morgan fingerprint density at radius 1 is 1.36 bits per heavy atom. The van der Waals surface area contributed by atoms with Crippen LogP contribution in [0.5, 0.6) is 0 Å². The average Bonchev–Trinajstić information content (AvgIpc) is 3.19. The van der Waals surface area contributed by atoms with Crippen molar-refractivity contribution in [3.8, 4) is 5.69 Å². The fourth-order valence-electron chi connectivity index (χ4n) is 2.25. The third kappa shape index (κ3) is 2.52. The molecule has 0 saturated heterocycles. The van der Waals surface area contributed by atoms with Gasteiger partial charge in [-0.05, 0) is 37.5 Å². The number of benzene rings is 1. The van der Waals surface area contributed by atoms with Gasteiger partial charge < -0.3 is 16.8 Å². The summed E-state index contributed by atoms with van der Waals surface area (Å²) >= 11 is 0. The normalized spacial score (nSPS) is 13.9. The summed E-state index contributed by atoms with van der Waals surface area (Å²) < 4.78 is 1.56. The van der Waals surface area contributed by atoms with Gasteiger partial charge in [0.1, 0.15) is 12.1 Å². The molecule has 7 heteroatoms. The maximum absolute atomic E-state index is 12.1. The number of anilines is 1. The molecule has 1 aliphatic rings. The van der Waals surface area contributed by atoms with E-state index in [2.05, 4.69) is 10.3 Å². The number of aryl methyl sites for hydroxylation is 1. The van der Waals surface area contributed by atoms with Crippen molar-refractivity contribution in [3.63, 3.8) is 0 Å². The Bertz CT molecular complexity index is 761. The summed E-state index contributed by atoms with van der Waals surface area (Å²) in [6.45, 7) is 1.89. The van der Waals surface area contributed by atoms with Crippen molar-refractivity contribution in [2.75, 3.05) is 5.73 Å². The van der Waals surface area contributed by atoms with E-state index in [0.29, 0.717) is 11.3 Å². The van der Waals surface area contributed by atoms with Crippen LogP contribution in [0.2, 0.25) is 0 Å². The molecule has 1 heterocycles. The number of primary amides is 1. The second kappa shape index (κ2) is 5.18. The highest BCUT2D eigenvalue weighted by Crippen LogP contribution is 2.23. The van der Waals surface area contributed by atoms with E-state index < -0.39 is 5.91 Å². The highest BCUT2D eigenvalue weighted by molar-refractivity contribution is 5.96. The molecule has 22 heavy (non-hydrogen) atoms. The van der Waals surface area contributed by atoms with Crippen LogP contribution in [0.3, 0.4) is 0 Å². The summed E-state index contributed by atoms with van der Waals surface area (Å²) in [4.78, 5) is 27.3. The lowest BCUT2D eigenvalue weighted by molar-refractivity contribution is 0.0949. The number of aromatic nitrogens is 2. The molecule has 7 nitrogen and oxygen atoms in total. The van der Waals surface area contributed by atoms with Crippen LogP contribution in [0.25, 0.3) is 5.69 Å². The van der Waals surface area contributed by atoms with Crippen LogP contribution >= 0.6 is 0 Å². The number of carbonyl (C=O) groups excluding carboxylic acids is 2. The second-order valence-corrected chi connectivity index (χ2v) is 5.46. The molecule has 0 radical (unpaired) electrons. The minimum Gasteiger partial charge on any atom is -0.383 e. The number of amides is 2. The summed E-state index contributed by atoms with van der Waals surface area (Å²) in [6.07, 6.45) is 3.49. The lowest BCUT2D eigenvalue weighted by Gasteiger charge is -2.11. The number of hydrogen-bond acceptors (Lipinski definition) is 4. The number of nitrogens with two attached hydrogens (primary N) is 2. The molecular formula is C15H17N5O2. The standard InChI is InChI=1S/C15H17N5O2/c1-8-2-3-9(15(22)19-10-4-5-10)6-11(8)20-7-18-12(13(20)16)14(17)21/h2-3,6-7,10H,4-5,16H2,1H3,(H2,17,21)(H,19,22). The first kappa shape index (κ1) is 14.1. The Morgan fingerprint density at radius 2 is 2.09 bits per heavy atom. The van der Waals surface area contributed by atoms with Crippen molar-refractivity contribution >= 4 is 17.6 Å². The van der Waals surface area contributed by atoms with Crippen LogP contribution in [0.4, 0.5) is 5.82 Å². The topological polar surface area (TPSA) is 116 Å². The fourth-order valence-corrected chi connectivity index (χ4v) is 2.25. The van der Waals surface area contributed by atoms with Crippen molar-refractivity contribution in [1.29, 1.82) is 0 Å². The highest BCUT2D eigenvalue weighted by atomic mass is 16.2. The van der Waals surface area contributed by atoms with Crippen LogP contribution in [-0.2, 0) is 0 Å². The minimum atomic E-state index is -0.684. The van der Waals surface area contributed by atoms with E-state index in [1.807, 2.05) is 13.0 Å². The van der Waals surface area contributed by atoms with E-state index >= 15 is 0 Å². The third-order valence-electron chi connectivity index (χ3n) is 3.68. The number of carbonyl (C=O) groups is 2. The molecule has 1 saturated carbocycles. The van der Waals surface area contributed by atoms with E-state index in [-0.39, 0.29) is 23.5 Å². The number of nitrogen functional groups attached to an aromatic ring is 1. The number of imidazole rings is 1. The van der Waals surface area contributed by atoms with Gasteiger partial charge in [0, 0.05) is 11.6 Å². The van der Waals surface area contributed by atoms with Gasteiger partial charge in [-0.2, -0.15) is 0 Å². The van der Waals surface area contributed by atoms with Gasteiger partial charge in [0.25, 0.3) is 11.8 Å². The summed E-state index contributed by atoms with van der Waals surface area (Å²) in [5.41, 5.74) is 13.3. The molecule has 1 aromatic heterocycles. The molecule has 2 aromatic rings. The smallest absolute Gasteiger partial charge is 0.271 e. The largest absolute Gasteiger partial charge is 0.383 e. The van der Waals surface area contributed by atoms with Crippen molar-refractivity contribution in [3.05, 3.63) is 41.3 Å². The van der Waals surface area contributed by atoms with Crippen molar-refractivity contribution < 1.29 is 9.59 Å². The summed E-state index contributed by atoms with van der Waals surface area (Å²) in [5.74, 6) is -0.635. The fraction of sp³-hybridized carbons (Fsp3) is 0.267. The molecule has 0 aliphatic heterocycles. The average molecular weight is 299 g/mol. The van der Waals surface area contributed by atoms with Crippen LogP contribution in [0.1, 0.15) is 39.3 Å². The van der Waals surface area contributed by atoms with Gasteiger partial charge in [0.15, 0.2) is 5.69 Å². The Balaban J connectivity index is 1.99. The summed E-state index contributed by atoms with van der Waals surface area (Å²) in [5, 5.41) is 2.94. The summed E-state index contributed by atoms with van der Waals surface area (Å²) in [6, 6.07) is 5.62. The maximum Gasteiger partial charge on any atom is 0.271 e. The third-order valence-corrected chi connectivity index (χ3v) is 3.68. The Labute approximate surface area is 127 Å². The molecule has 1 aliphatic carbocycles. The first-order chi connectivity index (χ1) is 10.5. The molecule has 0 spiro atoms. The van der Waals surface area contributed by atoms with Gasteiger partial charge in [-0.25, -0.2) is 4.98 Å². The maximum atomic E-state index is 12.1. The lowest BCUT2D eigenvalue weighted by Crippen LogP contribution is -2.25. The Kier molecular flexibility index (Phi) is 3.32. The zero-order chi connectivity index (χ0) is 15.9. The van der Waals surface area contributed by atoms with E-state index in [9.17, 15) is 9.59 Å². The molecule has 0 bridgehead atoms. The first-order valence-corrected chi connectivity index (χ1v) is 7.02. The number of rotatable bonds is 4. The molecule has 5 N–H and O–H groups in total. The predicted molar refractivity (Wildman–Crippen MR) is 81.7 cm³/mol. The minimum absolute atomic E-state index is 0.0206. The van der Waals surface area contributed by atoms with E-state index in [4.69, 9.17) is 11.5 Å². The highest BCUT2D eigenvalue weighted by Gasteiger charge is 2.24. The monoisotopic (exact) mass is 299 g/mol. The first-order valence-electron chi connectivity index (χ1n) is 7.02. The Hall–Kier alpha value is -2.83. The predicted octanol–water partition coefficient (Wildman–Crippen LogP) is 0.754. The van der Waals surface area contributed by atoms with Crippen LogP contribution in [0, 0.1) is 6.92 Å². The Morgan fingerprint density at radius 3 is 2.68 bits per heavy atom. The van der Waals surface area contributed by atoms with Gasteiger partial charge >= 0.3 is 0 Å². The molecule has 1 aromatic carbocycles. The van der Waals surface area contributed by atoms with Crippen LogP contribution in [-0.4, -0.2) is 27.4 Å². The zero-order valence-corrected chi connectivity index (χ0v) is 12.2. The number of nitrogens with zero attached hydrogens (tertiary/aromatic N) is 2. The second-order valence-electron chi connectivity index (χ2n) is 5.46. The molecular weight excluding hydrogens is 282 g/mol. The zero-order valence-electron chi connectivity index (χ0n) is 12.2. The van der Waals surface area contributed by atoms with Gasteiger partial charge in [-0.15, -0.1) is 0 Å². The van der Waals surface area contributed by atoms with Gasteiger partial charge in [-0.3, -0.25) is 14.2 Å². The van der Waals surface area contributed by atoms with Gasteiger partial charge in [-0.1, -0.05) is 6.07 Å². The SMILES string of the molecule is Cc1ccc(C(=O)NC2CC2)cc1-n1cnc(C(N)=O)c1N. The van der Waals surface area contributed by atoms with Crippen molar-refractivity contribution in [2.24, 2.45) is 5.73 Å². The van der Waals surface area contributed by atoms with Gasteiger partial charge in [0.05, 0.1) is 5.69 Å². The molecule has 3 rings (SSSR count). The van der Waals surface area contributed by atoms with Crippen molar-refractivity contribution in [2.45, 2.75) is 25.8 Å². The number of hydrogen-bond donors (Lipinski definition) is 3. The molecule has 0 atom stereocenters. The van der Waals surface area contributed by atoms with Crippen LogP contribution < -0.4 is 16.8 Å². The quantitative estimate of drug-likeness (QED) is 0.772. The van der Waals surface area contributed by atoms with E-state index in [1.54, 1.807) is 16.7 Å². The summed E-state index contributed by atoms with van der Waals surface area (Å²) in [7, 11) is 0. The van der Waals surface area contributed by atoms with Crippen molar-refractivity contribution in [1.82, 2.24) is 14.9 Å². The lowest BCUT2D eigenvalue weighted by atomic mass is 10.1. The van der Waals surface area contributed by atoms with Crippen LogP contribution in [0.15, 0.2) is 24.5 Å². The number of nitrogens with one attached hydrogen (secondary N) is 1. The molecule has 1 fully saturated rings. The molecule has 0 unspecified atom stereocenters. The van der Waals surface area contributed by atoms with E-state index in [1.165, 1.54) is 6.33 Å². The van der Waals surface area contributed by atoms with Gasteiger partial charge in [0.2, 0.25) is 0 Å². The van der Waals surface area contributed by atoms with E-state index in [0.717, 1.165) is 18.4 Å².